The van der Waals surface area contributed by atoms with E-state index in [4.69, 9.17) is 0 Å². The molecule has 1 aliphatic rings. The van der Waals surface area contributed by atoms with Crippen LogP contribution in [0.1, 0.15) is 6.92 Å². The molecular formula is C6H7NO2S. The highest BCUT2D eigenvalue weighted by Gasteiger charge is 2.28. The number of imide groups is 1. The van der Waals surface area contributed by atoms with E-state index < -0.39 is 0 Å². The van der Waals surface area contributed by atoms with Gasteiger partial charge in [0.15, 0.2) is 0 Å². The van der Waals surface area contributed by atoms with Crippen LogP contribution in [0.5, 0.6) is 0 Å². The molecule has 54 valence electrons. The first-order valence-corrected chi connectivity index (χ1v) is 3.76. The Balaban J connectivity index is 2.63. The Bertz CT molecular complexity index is 200. The van der Waals surface area contributed by atoms with Crippen LogP contribution in [0.4, 0.5) is 4.79 Å². The fourth-order valence-corrected chi connectivity index (χ4v) is 1.46. The van der Waals surface area contributed by atoms with Gasteiger partial charge in [0, 0.05) is 0 Å². The summed E-state index contributed by atoms with van der Waals surface area (Å²) in [6.45, 7) is 1.82. The standard InChI is InChI=1S/C6H7NO2S/c1-2-3-4-5(8)7-6(9)10-4/h2-4H,1H3,(H,7,8,9). The van der Waals surface area contributed by atoms with Crippen molar-refractivity contribution in [1.29, 1.82) is 0 Å². The van der Waals surface area contributed by atoms with Crippen LogP contribution in [-0.4, -0.2) is 16.4 Å². The third-order valence-electron chi connectivity index (χ3n) is 1.08. The minimum Gasteiger partial charge on any atom is -0.286 e. The van der Waals surface area contributed by atoms with Crippen LogP contribution in [0, 0.1) is 0 Å². The minimum absolute atomic E-state index is 0.215. The van der Waals surface area contributed by atoms with Gasteiger partial charge < -0.3 is 0 Å². The van der Waals surface area contributed by atoms with Crippen molar-refractivity contribution in [3.05, 3.63) is 12.2 Å². The van der Waals surface area contributed by atoms with E-state index in [1.807, 2.05) is 6.92 Å². The fraction of sp³-hybridized carbons (Fsp3) is 0.333. The lowest BCUT2D eigenvalue weighted by Gasteiger charge is -1.91. The normalized spacial score (nSPS) is 25.9. The van der Waals surface area contributed by atoms with E-state index in [-0.39, 0.29) is 16.4 Å². The van der Waals surface area contributed by atoms with Crippen LogP contribution in [0.15, 0.2) is 12.2 Å². The molecule has 10 heavy (non-hydrogen) atoms. The van der Waals surface area contributed by atoms with E-state index in [0.717, 1.165) is 11.8 Å². The number of nitrogens with one attached hydrogen (secondary N) is 1. The highest BCUT2D eigenvalue weighted by Crippen LogP contribution is 2.19. The van der Waals surface area contributed by atoms with Crippen molar-refractivity contribution in [3.8, 4) is 0 Å². The van der Waals surface area contributed by atoms with E-state index in [1.54, 1.807) is 12.2 Å². The molecule has 0 aromatic rings. The highest BCUT2D eigenvalue weighted by molar-refractivity contribution is 8.15. The Hall–Kier alpha value is -0.770. The number of thioether (sulfide) groups is 1. The van der Waals surface area contributed by atoms with Gasteiger partial charge in [-0.3, -0.25) is 14.9 Å². The summed E-state index contributed by atoms with van der Waals surface area (Å²) in [4.78, 5) is 21.3. The summed E-state index contributed by atoms with van der Waals surface area (Å²) >= 11 is 1.01. The molecular weight excluding hydrogens is 150 g/mol. The third-order valence-corrected chi connectivity index (χ3v) is 2.03. The van der Waals surface area contributed by atoms with Gasteiger partial charge in [0.05, 0.1) is 0 Å². The molecule has 4 heteroatoms. The molecule has 2 amide bonds. The van der Waals surface area contributed by atoms with Crippen molar-refractivity contribution >= 4 is 22.9 Å². The SMILES string of the molecule is CC=CC1SC(=O)NC1=O. The quantitative estimate of drug-likeness (QED) is 0.575. The smallest absolute Gasteiger partial charge is 0.286 e. The van der Waals surface area contributed by atoms with E-state index in [2.05, 4.69) is 5.32 Å². The molecule has 0 radical (unpaired) electrons. The summed E-state index contributed by atoms with van der Waals surface area (Å²) in [6, 6.07) is 0. The number of carbonyl (C=O) groups is 2. The molecule has 1 heterocycles. The lowest BCUT2D eigenvalue weighted by Crippen LogP contribution is -2.22. The average molecular weight is 157 g/mol. The Morgan fingerprint density at radius 2 is 2.30 bits per heavy atom. The van der Waals surface area contributed by atoms with Crippen LogP contribution in [0.3, 0.4) is 0 Å². The zero-order valence-corrected chi connectivity index (χ0v) is 6.27. The lowest BCUT2D eigenvalue weighted by molar-refractivity contribution is -0.118. The number of allylic oxidation sites excluding steroid dienone is 1. The third kappa shape index (κ3) is 1.39. The van der Waals surface area contributed by atoms with Crippen molar-refractivity contribution in [2.75, 3.05) is 0 Å². The Kier molecular flexibility index (Phi) is 2.11. The van der Waals surface area contributed by atoms with Crippen LogP contribution >= 0.6 is 11.8 Å². The predicted octanol–water partition coefficient (Wildman–Crippen LogP) is 0.914. The van der Waals surface area contributed by atoms with Crippen LogP contribution in [-0.2, 0) is 4.79 Å². The van der Waals surface area contributed by atoms with Crippen molar-refractivity contribution in [2.24, 2.45) is 0 Å². The van der Waals surface area contributed by atoms with Crippen LogP contribution in [0.25, 0.3) is 0 Å². The van der Waals surface area contributed by atoms with Crippen molar-refractivity contribution in [2.45, 2.75) is 12.2 Å². The molecule has 1 saturated heterocycles. The van der Waals surface area contributed by atoms with Crippen molar-refractivity contribution in [1.82, 2.24) is 5.32 Å². The molecule has 0 bridgehead atoms. The summed E-state index contributed by atoms with van der Waals surface area (Å²) in [5, 5.41) is 1.62. The Morgan fingerprint density at radius 1 is 1.60 bits per heavy atom. The Labute approximate surface area is 62.9 Å². The molecule has 1 N–H and O–H groups in total. The zero-order chi connectivity index (χ0) is 7.56. The van der Waals surface area contributed by atoms with Gasteiger partial charge in [-0.25, -0.2) is 0 Å². The van der Waals surface area contributed by atoms with Crippen molar-refractivity contribution < 1.29 is 9.59 Å². The van der Waals surface area contributed by atoms with Gasteiger partial charge in [-0.2, -0.15) is 0 Å². The molecule has 1 fully saturated rings. The largest absolute Gasteiger partial charge is 0.286 e. The van der Waals surface area contributed by atoms with Crippen LogP contribution in [0.2, 0.25) is 0 Å². The zero-order valence-electron chi connectivity index (χ0n) is 5.46. The molecule has 0 aromatic heterocycles. The summed E-state index contributed by atoms with van der Waals surface area (Å²) < 4.78 is 0. The molecule has 3 nitrogen and oxygen atoms in total. The summed E-state index contributed by atoms with van der Waals surface area (Å²) in [5.41, 5.74) is 0. The predicted molar refractivity (Wildman–Crippen MR) is 39.7 cm³/mol. The fourth-order valence-electron chi connectivity index (χ4n) is 0.671. The molecule has 1 rings (SSSR count). The number of carbonyl (C=O) groups excluding carboxylic acids is 2. The number of amides is 2. The molecule has 1 atom stereocenters. The first-order chi connectivity index (χ1) is 4.74. The summed E-state index contributed by atoms with van der Waals surface area (Å²) in [7, 11) is 0. The van der Waals surface area contributed by atoms with Gasteiger partial charge in [-0.05, 0) is 18.7 Å². The van der Waals surface area contributed by atoms with Gasteiger partial charge in [-0.1, -0.05) is 12.2 Å². The van der Waals surface area contributed by atoms with E-state index in [0.29, 0.717) is 0 Å². The van der Waals surface area contributed by atoms with Crippen LogP contribution < -0.4 is 5.32 Å². The van der Waals surface area contributed by atoms with E-state index >= 15 is 0 Å². The number of hydrogen-bond donors (Lipinski definition) is 1. The molecule has 0 saturated carbocycles. The molecule has 0 spiro atoms. The van der Waals surface area contributed by atoms with Crippen molar-refractivity contribution in [3.63, 3.8) is 0 Å². The molecule has 1 unspecified atom stereocenters. The first kappa shape index (κ1) is 7.34. The van der Waals surface area contributed by atoms with Gasteiger partial charge in [0.25, 0.3) is 5.24 Å². The van der Waals surface area contributed by atoms with Gasteiger partial charge in [0.1, 0.15) is 5.25 Å². The average Bonchev–Trinajstić information content (AvgIpc) is 2.13. The number of rotatable bonds is 1. The van der Waals surface area contributed by atoms with Gasteiger partial charge in [0.2, 0.25) is 5.91 Å². The number of hydrogen-bond acceptors (Lipinski definition) is 3. The maximum Gasteiger partial charge on any atom is 0.286 e. The monoisotopic (exact) mass is 157 g/mol. The van der Waals surface area contributed by atoms with E-state index in [9.17, 15) is 9.59 Å². The maximum atomic E-state index is 10.8. The summed E-state index contributed by atoms with van der Waals surface area (Å²) in [5.74, 6) is -0.215. The molecule has 0 aliphatic carbocycles. The first-order valence-electron chi connectivity index (χ1n) is 2.88. The Morgan fingerprint density at radius 3 is 2.70 bits per heavy atom. The molecule has 0 aromatic carbocycles. The maximum absolute atomic E-state index is 10.8. The second kappa shape index (κ2) is 2.88. The van der Waals surface area contributed by atoms with Gasteiger partial charge in [-0.15, -0.1) is 0 Å². The topological polar surface area (TPSA) is 46.2 Å². The minimum atomic E-state index is -0.308. The highest BCUT2D eigenvalue weighted by atomic mass is 32.2. The second-order valence-electron chi connectivity index (χ2n) is 1.84. The molecule has 1 aliphatic heterocycles. The van der Waals surface area contributed by atoms with Gasteiger partial charge >= 0.3 is 0 Å². The summed E-state index contributed by atoms with van der Waals surface area (Å²) in [6.07, 6.45) is 3.46. The lowest BCUT2D eigenvalue weighted by atomic mass is 10.3. The second-order valence-corrected chi connectivity index (χ2v) is 2.96. The van der Waals surface area contributed by atoms with E-state index in [1.165, 1.54) is 0 Å².